The number of nitrogens with two attached hydrogens (primary N) is 1. The van der Waals surface area contributed by atoms with Crippen molar-refractivity contribution in [2.24, 2.45) is 0 Å². The van der Waals surface area contributed by atoms with Gasteiger partial charge in [0.2, 0.25) is 0 Å². The summed E-state index contributed by atoms with van der Waals surface area (Å²) in [6.07, 6.45) is 0. The zero-order chi connectivity index (χ0) is 9.14. The van der Waals surface area contributed by atoms with E-state index in [1.807, 2.05) is 19.9 Å². The molecule has 2 N–H and O–H groups in total. The summed E-state index contributed by atoms with van der Waals surface area (Å²) in [6.45, 7) is 4.50. The highest BCUT2D eigenvalue weighted by molar-refractivity contribution is 5.30. The Morgan fingerprint density at radius 2 is 1.92 bits per heavy atom. The number of aryl methyl sites for hydroxylation is 2. The van der Waals surface area contributed by atoms with Gasteiger partial charge in [-0.2, -0.15) is 7.05 Å². The van der Waals surface area contributed by atoms with Crippen LogP contribution in [0.2, 0.25) is 0 Å². The molecule has 1 aromatic carbocycles. The maximum absolute atomic E-state index is 13.2. The van der Waals surface area contributed by atoms with E-state index >= 15 is 0 Å². The van der Waals surface area contributed by atoms with Crippen LogP contribution in [0.4, 0.5) is 4.39 Å². The molecule has 0 fully saturated rings. The lowest BCUT2D eigenvalue weighted by Crippen LogP contribution is -2.75. The highest BCUT2D eigenvalue weighted by Gasteiger charge is 2.03. The molecule has 0 saturated carbocycles. The average Bonchev–Trinajstić information content (AvgIpc) is 2.01. The van der Waals surface area contributed by atoms with Crippen LogP contribution in [0.1, 0.15) is 16.7 Å². The number of halogens is 1. The highest BCUT2D eigenvalue weighted by Crippen LogP contribution is 2.13. The maximum Gasteiger partial charge on any atom is 0.132 e. The summed E-state index contributed by atoms with van der Waals surface area (Å²) < 4.78 is 13.2. The van der Waals surface area contributed by atoms with Crippen LogP contribution in [0.15, 0.2) is 12.1 Å². The van der Waals surface area contributed by atoms with Crippen molar-refractivity contribution in [3.63, 3.8) is 0 Å². The predicted molar refractivity (Wildman–Crippen MR) is 46.9 cm³/mol. The minimum absolute atomic E-state index is 0.127. The summed E-state index contributed by atoms with van der Waals surface area (Å²) >= 11 is 0. The first-order valence-corrected chi connectivity index (χ1v) is 4.01. The van der Waals surface area contributed by atoms with Gasteiger partial charge in [0.25, 0.3) is 0 Å². The molecule has 0 aliphatic heterocycles. The summed E-state index contributed by atoms with van der Waals surface area (Å²) in [5.41, 5.74) is 2.86. The molecule has 0 radical (unpaired) electrons. The average molecular weight is 167 g/mol. The van der Waals surface area contributed by atoms with E-state index in [0.29, 0.717) is 6.54 Å². The van der Waals surface area contributed by atoms with Crippen LogP contribution in [-0.4, -0.2) is 0 Å². The lowest BCUT2D eigenvalue weighted by atomic mass is 10.1. The molecule has 0 bridgehead atoms. The van der Waals surface area contributed by atoms with Crippen molar-refractivity contribution in [2.75, 3.05) is 0 Å². The van der Waals surface area contributed by atoms with E-state index in [4.69, 9.17) is 0 Å². The molecule has 0 aliphatic rings. The van der Waals surface area contributed by atoms with Crippen LogP contribution in [-0.2, 0) is 6.54 Å². The summed E-state index contributed by atoms with van der Waals surface area (Å²) in [5.74, 6) is -0.127. The lowest BCUT2D eigenvalue weighted by molar-refractivity contribution is -0.612. The minimum Gasteiger partial charge on any atom is -0.475 e. The zero-order valence-electron chi connectivity index (χ0n) is 7.52. The Bertz CT molecular complexity index is 281. The predicted octanol–water partition coefficient (Wildman–Crippen LogP) is 1.30. The van der Waals surface area contributed by atoms with Gasteiger partial charge in [0.05, 0.1) is 6.54 Å². The van der Waals surface area contributed by atoms with Crippen molar-refractivity contribution in [1.82, 2.24) is 0 Å². The molecule has 1 nitrogen and oxygen atoms in total. The van der Waals surface area contributed by atoms with Gasteiger partial charge in [0, 0.05) is 5.56 Å². The number of hydrogen-bond donors (Lipinski definition) is 1. The van der Waals surface area contributed by atoms with Gasteiger partial charge in [0.1, 0.15) is 5.82 Å². The van der Waals surface area contributed by atoms with Crippen LogP contribution in [0.5, 0.6) is 0 Å². The molecule has 0 saturated heterocycles. The quantitative estimate of drug-likeness (QED) is 0.639. The monoisotopic (exact) mass is 167 g/mol. The molecule has 0 aromatic heterocycles. The molecule has 1 rings (SSSR count). The fraction of sp³-hybridized carbons (Fsp3) is 0.300. The molecule has 66 valence electrons. The van der Waals surface area contributed by atoms with E-state index in [2.05, 4.69) is 7.05 Å². The summed E-state index contributed by atoms with van der Waals surface area (Å²) in [6, 6.07) is 3.46. The summed E-state index contributed by atoms with van der Waals surface area (Å²) in [7, 11) is 3.58. The number of hydrogen-bond acceptors (Lipinski definition) is 0. The lowest BCUT2D eigenvalue weighted by Gasteiger charge is -2.06. The van der Waals surface area contributed by atoms with E-state index < -0.39 is 0 Å². The second kappa shape index (κ2) is 3.68. The van der Waals surface area contributed by atoms with Crippen LogP contribution < -0.4 is 5.32 Å². The number of benzene rings is 1. The second-order valence-corrected chi connectivity index (χ2v) is 3.02. The summed E-state index contributed by atoms with van der Waals surface area (Å²) in [5, 5.41) is 1.72. The van der Waals surface area contributed by atoms with Gasteiger partial charge in [-0.15, -0.1) is 0 Å². The Balaban J connectivity index is 3.05. The molecule has 0 unspecified atom stereocenters. The zero-order valence-corrected chi connectivity index (χ0v) is 7.52. The maximum atomic E-state index is 13.2. The fourth-order valence-electron chi connectivity index (χ4n) is 1.15. The van der Waals surface area contributed by atoms with Crippen LogP contribution in [0.25, 0.3) is 0 Å². The SMILES string of the molecule is [CH2-][NH2+]Cc1cc(C)c(C)cc1F. The molecule has 2 heteroatoms. The molecular formula is C10H14FN. The number of quaternary nitrogens is 1. The molecule has 0 spiro atoms. The molecule has 0 heterocycles. The van der Waals surface area contributed by atoms with E-state index in [0.717, 1.165) is 16.7 Å². The van der Waals surface area contributed by atoms with Gasteiger partial charge < -0.3 is 5.32 Å². The molecule has 0 atom stereocenters. The molecule has 0 aliphatic carbocycles. The van der Waals surface area contributed by atoms with Crippen LogP contribution >= 0.6 is 0 Å². The normalized spacial score (nSPS) is 10.3. The highest BCUT2D eigenvalue weighted by atomic mass is 19.1. The van der Waals surface area contributed by atoms with Gasteiger partial charge in [-0.3, -0.25) is 0 Å². The topological polar surface area (TPSA) is 16.6 Å². The van der Waals surface area contributed by atoms with Crippen molar-refractivity contribution < 1.29 is 9.71 Å². The number of rotatable bonds is 2. The van der Waals surface area contributed by atoms with Crippen LogP contribution in [0, 0.1) is 26.7 Å². The van der Waals surface area contributed by atoms with Crippen LogP contribution in [0.3, 0.4) is 0 Å². The summed E-state index contributed by atoms with van der Waals surface area (Å²) in [4.78, 5) is 0. The molecule has 1 aromatic rings. The minimum atomic E-state index is -0.127. The first-order chi connectivity index (χ1) is 5.65. The van der Waals surface area contributed by atoms with Crippen molar-refractivity contribution >= 4 is 0 Å². The van der Waals surface area contributed by atoms with Crippen molar-refractivity contribution in [2.45, 2.75) is 20.4 Å². The Labute approximate surface area is 72.6 Å². The fourth-order valence-corrected chi connectivity index (χ4v) is 1.15. The molecule has 0 amide bonds. The molecule has 12 heavy (non-hydrogen) atoms. The third-order valence-corrected chi connectivity index (χ3v) is 2.03. The van der Waals surface area contributed by atoms with E-state index in [9.17, 15) is 4.39 Å². The Morgan fingerprint density at radius 3 is 2.50 bits per heavy atom. The standard InChI is InChI=1S/C10H14FN/c1-7-4-9(6-12-3)10(11)5-8(7)2/h4-5H,3,6,12H2,1-2H3. The first kappa shape index (κ1) is 9.20. The van der Waals surface area contributed by atoms with Crippen molar-refractivity contribution in [1.29, 1.82) is 0 Å². The van der Waals surface area contributed by atoms with Gasteiger partial charge in [-0.25, -0.2) is 4.39 Å². The Hall–Kier alpha value is -0.890. The molecular weight excluding hydrogens is 153 g/mol. The van der Waals surface area contributed by atoms with E-state index in [-0.39, 0.29) is 5.82 Å². The van der Waals surface area contributed by atoms with Gasteiger partial charge >= 0.3 is 0 Å². The Morgan fingerprint density at radius 1 is 1.33 bits per heavy atom. The smallest absolute Gasteiger partial charge is 0.132 e. The Kier molecular flexibility index (Phi) is 2.82. The largest absolute Gasteiger partial charge is 0.475 e. The van der Waals surface area contributed by atoms with E-state index in [1.54, 1.807) is 11.4 Å². The van der Waals surface area contributed by atoms with E-state index in [1.165, 1.54) is 0 Å². The van der Waals surface area contributed by atoms with Crippen molar-refractivity contribution in [3.05, 3.63) is 41.7 Å². The van der Waals surface area contributed by atoms with Crippen molar-refractivity contribution in [3.8, 4) is 0 Å². The second-order valence-electron chi connectivity index (χ2n) is 3.02. The van der Waals surface area contributed by atoms with Gasteiger partial charge in [-0.1, -0.05) is 0 Å². The third-order valence-electron chi connectivity index (χ3n) is 2.03. The first-order valence-electron chi connectivity index (χ1n) is 4.01. The van der Waals surface area contributed by atoms with Gasteiger partial charge in [-0.05, 0) is 37.1 Å². The third kappa shape index (κ3) is 1.83. The van der Waals surface area contributed by atoms with Gasteiger partial charge in [0.15, 0.2) is 0 Å².